The third kappa shape index (κ3) is 5.21. The Hall–Kier alpha value is -3.77. The van der Waals surface area contributed by atoms with Gasteiger partial charge in [-0.15, -0.1) is 0 Å². The molecule has 0 amide bonds. The summed E-state index contributed by atoms with van der Waals surface area (Å²) >= 11 is 0. The number of hydrogen-bond donors (Lipinski definition) is 1. The molecule has 4 aromatic rings. The molecule has 0 bridgehead atoms. The zero-order chi connectivity index (χ0) is 28.9. The highest BCUT2D eigenvalue weighted by molar-refractivity contribution is 5.79. The normalized spacial score (nSPS) is 23.2. The monoisotopic (exact) mass is 550 g/mol. The number of cyclic esters (lactones) is 1. The first-order valence-electron chi connectivity index (χ1n) is 14.2. The third-order valence-corrected chi connectivity index (χ3v) is 8.65. The molecule has 41 heavy (non-hydrogen) atoms. The van der Waals surface area contributed by atoms with E-state index < -0.39 is 34.8 Å². The Morgan fingerprint density at radius 1 is 0.780 bits per heavy atom. The quantitative estimate of drug-likeness (QED) is 0.167. The van der Waals surface area contributed by atoms with Gasteiger partial charge in [-0.05, 0) is 35.6 Å². The molecule has 1 aliphatic rings. The zero-order valence-corrected chi connectivity index (χ0v) is 23.9. The second-order valence-corrected chi connectivity index (χ2v) is 11.1. The van der Waals surface area contributed by atoms with Gasteiger partial charge < -0.3 is 19.3 Å². The number of rotatable bonds is 11. The van der Waals surface area contributed by atoms with Crippen molar-refractivity contribution < 1.29 is 24.1 Å². The third-order valence-electron chi connectivity index (χ3n) is 8.65. The molecule has 1 fully saturated rings. The van der Waals surface area contributed by atoms with Crippen molar-refractivity contribution >= 4 is 5.97 Å². The summed E-state index contributed by atoms with van der Waals surface area (Å²) in [5, 5.41) is 11.3. The summed E-state index contributed by atoms with van der Waals surface area (Å²) in [4.78, 5) is 13.5. The van der Waals surface area contributed by atoms with Gasteiger partial charge in [0.2, 0.25) is 0 Å². The second kappa shape index (κ2) is 12.0. The van der Waals surface area contributed by atoms with Gasteiger partial charge in [0, 0.05) is 0 Å². The van der Waals surface area contributed by atoms with Crippen LogP contribution in [0.1, 0.15) is 49.4 Å². The number of aliphatic hydroxyl groups excluding tert-OH is 1. The van der Waals surface area contributed by atoms with Crippen LogP contribution in [0.5, 0.6) is 0 Å². The maximum absolute atomic E-state index is 13.5. The molecular formula is C36H38O5. The number of aliphatic hydroxyl groups is 1. The molecule has 0 aromatic heterocycles. The molecule has 4 atom stereocenters. The number of benzene rings is 4. The van der Waals surface area contributed by atoms with Crippen LogP contribution >= 0.6 is 0 Å². The summed E-state index contributed by atoms with van der Waals surface area (Å²) in [5.74, 6) is -0.494. The Balaban J connectivity index is 1.61. The summed E-state index contributed by atoms with van der Waals surface area (Å²) < 4.78 is 19.5. The molecule has 1 aliphatic heterocycles. The Morgan fingerprint density at radius 2 is 1.22 bits per heavy atom. The predicted octanol–water partition coefficient (Wildman–Crippen LogP) is 6.67. The summed E-state index contributed by atoms with van der Waals surface area (Å²) in [6.07, 6.45) is -1.45. The summed E-state index contributed by atoms with van der Waals surface area (Å²) in [5.41, 5.74) is 0.525. The minimum absolute atomic E-state index is 0.0738. The van der Waals surface area contributed by atoms with Crippen LogP contribution < -0.4 is 0 Å². The van der Waals surface area contributed by atoms with Crippen LogP contribution in [0.2, 0.25) is 0 Å². The van der Waals surface area contributed by atoms with E-state index in [-0.39, 0.29) is 13.2 Å². The topological polar surface area (TPSA) is 65.0 Å². The molecule has 0 saturated carbocycles. The zero-order valence-electron chi connectivity index (χ0n) is 23.9. The van der Waals surface area contributed by atoms with Crippen molar-refractivity contribution in [1.82, 2.24) is 0 Å². The van der Waals surface area contributed by atoms with E-state index in [1.54, 1.807) is 6.92 Å². The van der Waals surface area contributed by atoms with Crippen molar-refractivity contribution in [3.05, 3.63) is 144 Å². The number of esters is 1. The van der Waals surface area contributed by atoms with E-state index in [9.17, 15) is 9.90 Å². The van der Waals surface area contributed by atoms with Gasteiger partial charge in [0.05, 0.1) is 24.7 Å². The molecule has 0 unspecified atom stereocenters. The minimum atomic E-state index is -1.24. The first kappa shape index (κ1) is 28.7. The maximum Gasteiger partial charge on any atom is 0.336 e. The molecule has 0 aliphatic carbocycles. The van der Waals surface area contributed by atoms with Gasteiger partial charge in [-0.3, -0.25) is 0 Å². The van der Waals surface area contributed by atoms with Crippen LogP contribution in [-0.4, -0.2) is 35.5 Å². The SMILES string of the molecule is CC[C@H](O)[C@@]1(C)OC(=O)[C@H](OCc2ccccc2)[C@@]1(C)COC(c1ccccc1)(c1ccccc1)c1ccccc1. The first-order valence-corrected chi connectivity index (χ1v) is 14.2. The van der Waals surface area contributed by atoms with E-state index in [1.807, 2.05) is 98.8 Å². The van der Waals surface area contributed by atoms with Crippen molar-refractivity contribution in [2.45, 2.75) is 57.2 Å². The molecule has 5 nitrogen and oxygen atoms in total. The molecule has 5 rings (SSSR count). The predicted molar refractivity (Wildman–Crippen MR) is 159 cm³/mol. The molecule has 0 spiro atoms. The maximum atomic E-state index is 13.5. The Bertz CT molecular complexity index is 1310. The van der Waals surface area contributed by atoms with E-state index in [4.69, 9.17) is 14.2 Å². The smallest absolute Gasteiger partial charge is 0.336 e. The molecule has 1 heterocycles. The summed E-state index contributed by atoms with van der Waals surface area (Å²) in [6.45, 7) is 5.91. The fourth-order valence-corrected chi connectivity index (χ4v) is 5.99. The lowest BCUT2D eigenvalue weighted by Crippen LogP contribution is -2.57. The van der Waals surface area contributed by atoms with Gasteiger partial charge in [-0.2, -0.15) is 0 Å². The highest BCUT2D eigenvalue weighted by Gasteiger charge is 2.66. The van der Waals surface area contributed by atoms with Gasteiger partial charge in [0.1, 0.15) is 11.2 Å². The van der Waals surface area contributed by atoms with Crippen molar-refractivity contribution in [3.8, 4) is 0 Å². The second-order valence-electron chi connectivity index (χ2n) is 11.1. The molecule has 5 heteroatoms. The van der Waals surface area contributed by atoms with E-state index in [1.165, 1.54) is 0 Å². The standard InChI is InChI=1S/C36H38O5/c1-4-31(37)35(3)34(2,32(33(38)41-35)39-25-27-17-9-5-10-18-27)26-40-36(28-19-11-6-12-20-28,29-21-13-7-14-22-29)30-23-15-8-16-24-30/h5-24,31-32,37H,4,25-26H2,1-3H3/t31-,32-,34+,35+/m0/s1. The lowest BCUT2D eigenvalue weighted by molar-refractivity contribution is -0.176. The van der Waals surface area contributed by atoms with Crippen LogP contribution in [0.25, 0.3) is 0 Å². The highest BCUT2D eigenvalue weighted by atomic mass is 16.6. The van der Waals surface area contributed by atoms with Gasteiger partial charge in [-0.25, -0.2) is 4.79 Å². The fourth-order valence-electron chi connectivity index (χ4n) is 5.99. The Kier molecular flexibility index (Phi) is 8.41. The van der Waals surface area contributed by atoms with Gasteiger partial charge in [0.15, 0.2) is 6.10 Å². The number of carbonyl (C=O) groups is 1. The summed E-state index contributed by atoms with van der Waals surface area (Å²) in [6, 6.07) is 40.0. The lowest BCUT2D eigenvalue weighted by atomic mass is 9.69. The molecule has 4 aromatic carbocycles. The first-order chi connectivity index (χ1) is 19.8. The van der Waals surface area contributed by atoms with E-state index in [0.717, 1.165) is 22.3 Å². The largest absolute Gasteiger partial charge is 0.454 e. The van der Waals surface area contributed by atoms with Crippen molar-refractivity contribution in [3.63, 3.8) is 0 Å². The van der Waals surface area contributed by atoms with Crippen LogP contribution in [0.4, 0.5) is 0 Å². The van der Waals surface area contributed by atoms with Gasteiger partial charge in [0.25, 0.3) is 0 Å². The number of carbonyl (C=O) groups excluding carboxylic acids is 1. The average Bonchev–Trinajstić information content (AvgIpc) is 3.22. The van der Waals surface area contributed by atoms with Crippen LogP contribution in [0, 0.1) is 5.41 Å². The van der Waals surface area contributed by atoms with E-state index in [2.05, 4.69) is 36.4 Å². The van der Waals surface area contributed by atoms with Crippen molar-refractivity contribution in [2.24, 2.45) is 5.41 Å². The fraction of sp³-hybridized carbons (Fsp3) is 0.306. The van der Waals surface area contributed by atoms with E-state index in [0.29, 0.717) is 6.42 Å². The molecule has 1 N–H and O–H groups in total. The van der Waals surface area contributed by atoms with E-state index >= 15 is 0 Å². The molecule has 1 saturated heterocycles. The van der Waals surface area contributed by atoms with Gasteiger partial charge >= 0.3 is 5.97 Å². The van der Waals surface area contributed by atoms with Crippen molar-refractivity contribution in [1.29, 1.82) is 0 Å². The Morgan fingerprint density at radius 3 is 1.66 bits per heavy atom. The average molecular weight is 551 g/mol. The minimum Gasteiger partial charge on any atom is -0.454 e. The van der Waals surface area contributed by atoms with Crippen LogP contribution in [0.3, 0.4) is 0 Å². The highest BCUT2D eigenvalue weighted by Crippen LogP contribution is 2.51. The lowest BCUT2D eigenvalue weighted by Gasteiger charge is -2.45. The van der Waals surface area contributed by atoms with Crippen LogP contribution in [-0.2, 0) is 31.2 Å². The molecule has 0 radical (unpaired) electrons. The van der Waals surface area contributed by atoms with Crippen LogP contribution in [0.15, 0.2) is 121 Å². The molecular weight excluding hydrogens is 512 g/mol. The number of ether oxygens (including phenoxy) is 3. The summed E-state index contributed by atoms with van der Waals surface area (Å²) in [7, 11) is 0. The number of hydrogen-bond acceptors (Lipinski definition) is 5. The Labute approximate surface area is 242 Å². The molecule has 212 valence electrons. The van der Waals surface area contributed by atoms with Crippen molar-refractivity contribution in [2.75, 3.05) is 6.61 Å². The van der Waals surface area contributed by atoms with Gasteiger partial charge in [-0.1, -0.05) is 135 Å².